The van der Waals surface area contributed by atoms with Crippen LogP contribution in [0.3, 0.4) is 0 Å². The third kappa shape index (κ3) is 9.65. The van der Waals surface area contributed by atoms with Crippen molar-refractivity contribution in [3.05, 3.63) is 60.2 Å². The number of aromatic nitrogens is 2. The average Bonchev–Trinajstić information content (AvgIpc) is 3.44. The SMILES string of the molecule is CC[C@@H](C=O)NC(=O)[C@@H]1C[C@@H](NC(=O)Cc2ccccc2)CN1C(=O)[C@@H](NC(=O)[C@@H](NC(=O)c1cnccn1)C(C)C)C(C)C. The molecule has 1 fully saturated rings. The highest BCUT2D eigenvalue weighted by molar-refractivity contribution is 5.98. The highest BCUT2D eigenvalue weighted by Gasteiger charge is 2.44. The number of hydrogen-bond donors (Lipinski definition) is 4. The minimum atomic E-state index is -1.05. The number of benzene rings is 1. The molecule has 4 N–H and O–H groups in total. The molecule has 1 aromatic carbocycles. The van der Waals surface area contributed by atoms with Gasteiger partial charge >= 0.3 is 0 Å². The van der Waals surface area contributed by atoms with E-state index in [1.165, 1.54) is 23.5 Å². The predicted molar refractivity (Wildman–Crippen MR) is 165 cm³/mol. The molecule has 1 aliphatic heterocycles. The highest BCUT2D eigenvalue weighted by Crippen LogP contribution is 2.22. The standard InChI is InChI=1S/C32H43N7O6/c1-6-22(18-40)36-30(43)25-15-23(35-26(41)14-21-10-8-7-9-11-21)17-39(25)32(45)28(20(4)5)38-31(44)27(19(2)3)37-29(42)24-16-33-12-13-34-24/h7-13,16,18-20,22-23,25,27-28H,6,14-15,17H2,1-5H3,(H,35,41)(H,36,43)(H,37,42)(H,38,44)/t22-,23+,25-,27-,28-/m0/s1. The maximum Gasteiger partial charge on any atom is 0.272 e. The summed E-state index contributed by atoms with van der Waals surface area (Å²) in [5.74, 6) is -3.18. The van der Waals surface area contributed by atoms with Crippen molar-refractivity contribution >= 4 is 35.8 Å². The Morgan fingerprint density at radius 1 is 0.956 bits per heavy atom. The lowest BCUT2D eigenvalue weighted by molar-refractivity contribution is -0.143. The highest BCUT2D eigenvalue weighted by atomic mass is 16.2. The van der Waals surface area contributed by atoms with Gasteiger partial charge in [0.05, 0.1) is 18.7 Å². The Hall–Kier alpha value is -4.68. The summed E-state index contributed by atoms with van der Waals surface area (Å²) in [6.45, 7) is 8.82. The van der Waals surface area contributed by atoms with Crippen LogP contribution >= 0.6 is 0 Å². The van der Waals surface area contributed by atoms with E-state index >= 15 is 0 Å². The van der Waals surface area contributed by atoms with E-state index in [0.717, 1.165) is 5.56 Å². The van der Waals surface area contributed by atoms with Crippen LogP contribution in [0, 0.1) is 11.8 Å². The van der Waals surface area contributed by atoms with E-state index in [0.29, 0.717) is 12.7 Å². The van der Waals surface area contributed by atoms with Crippen molar-refractivity contribution < 1.29 is 28.8 Å². The van der Waals surface area contributed by atoms with Gasteiger partial charge < -0.3 is 31.0 Å². The lowest BCUT2D eigenvalue weighted by Gasteiger charge is -2.32. The number of carbonyl (C=O) groups is 6. The van der Waals surface area contributed by atoms with E-state index in [1.54, 1.807) is 34.6 Å². The summed E-state index contributed by atoms with van der Waals surface area (Å²) in [5, 5.41) is 11.1. The molecule has 2 aromatic rings. The minimum absolute atomic E-state index is 0.0332. The van der Waals surface area contributed by atoms with Crippen molar-refractivity contribution in [3.8, 4) is 0 Å². The Kier molecular flexibility index (Phi) is 12.7. The molecule has 13 nitrogen and oxygen atoms in total. The van der Waals surface area contributed by atoms with E-state index < -0.39 is 59.8 Å². The summed E-state index contributed by atoms with van der Waals surface area (Å²) in [6, 6.07) is 4.91. The molecule has 45 heavy (non-hydrogen) atoms. The second-order valence-electron chi connectivity index (χ2n) is 11.8. The summed E-state index contributed by atoms with van der Waals surface area (Å²) in [6.07, 6.45) is 5.35. The summed E-state index contributed by atoms with van der Waals surface area (Å²) in [5.41, 5.74) is 0.861. The lowest BCUT2D eigenvalue weighted by atomic mass is 9.98. The zero-order valence-corrected chi connectivity index (χ0v) is 26.4. The fourth-order valence-electron chi connectivity index (χ4n) is 5.11. The minimum Gasteiger partial charge on any atom is -0.351 e. The van der Waals surface area contributed by atoms with Crippen LogP contribution in [0.4, 0.5) is 0 Å². The van der Waals surface area contributed by atoms with Crippen LogP contribution in [0.5, 0.6) is 0 Å². The van der Waals surface area contributed by atoms with Crippen LogP contribution < -0.4 is 21.3 Å². The normalized spacial score (nSPS) is 18.1. The summed E-state index contributed by atoms with van der Waals surface area (Å²) >= 11 is 0. The predicted octanol–water partition coefficient (Wildman–Crippen LogP) is 0.794. The molecule has 0 radical (unpaired) electrons. The van der Waals surface area contributed by atoms with Crippen LogP contribution in [-0.2, 0) is 30.4 Å². The molecule has 242 valence electrons. The van der Waals surface area contributed by atoms with Gasteiger partial charge in [-0.25, -0.2) is 4.98 Å². The molecule has 0 bridgehead atoms. The third-order valence-corrected chi connectivity index (χ3v) is 7.65. The molecule has 1 aliphatic rings. The fourth-order valence-corrected chi connectivity index (χ4v) is 5.11. The Balaban J connectivity index is 1.79. The van der Waals surface area contributed by atoms with Gasteiger partial charge in [-0.15, -0.1) is 0 Å². The number of nitrogens with one attached hydrogen (secondary N) is 4. The molecule has 0 unspecified atom stereocenters. The smallest absolute Gasteiger partial charge is 0.272 e. The summed E-state index contributed by atoms with van der Waals surface area (Å²) < 4.78 is 0. The Bertz CT molecular complexity index is 1340. The molecule has 1 aromatic heterocycles. The Morgan fingerprint density at radius 3 is 2.22 bits per heavy atom. The van der Waals surface area contributed by atoms with Gasteiger partial charge in [0.25, 0.3) is 5.91 Å². The van der Waals surface area contributed by atoms with Gasteiger partial charge in [-0.3, -0.25) is 29.0 Å². The Labute approximate surface area is 263 Å². The van der Waals surface area contributed by atoms with Gasteiger partial charge in [0.1, 0.15) is 30.1 Å². The van der Waals surface area contributed by atoms with Crippen molar-refractivity contribution in [2.75, 3.05) is 6.54 Å². The number of carbonyl (C=O) groups excluding carboxylic acids is 6. The van der Waals surface area contributed by atoms with Crippen LogP contribution in [0.2, 0.25) is 0 Å². The van der Waals surface area contributed by atoms with Gasteiger partial charge in [-0.1, -0.05) is 65.0 Å². The van der Waals surface area contributed by atoms with Crippen LogP contribution in [0.1, 0.15) is 63.5 Å². The van der Waals surface area contributed by atoms with Gasteiger partial charge in [-0.05, 0) is 30.2 Å². The number of rotatable bonds is 14. The first-order valence-corrected chi connectivity index (χ1v) is 15.2. The first-order valence-electron chi connectivity index (χ1n) is 15.2. The second kappa shape index (κ2) is 16.4. The van der Waals surface area contributed by atoms with Gasteiger partial charge in [0.2, 0.25) is 23.6 Å². The lowest BCUT2D eigenvalue weighted by Crippen LogP contribution is -2.59. The maximum absolute atomic E-state index is 14.1. The van der Waals surface area contributed by atoms with Crippen molar-refractivity contribution in [2.24, 2.45) is 11.8 Å². The molecular formula is C32H43N7O6. The molecule has 0 spiro atoms. The van der Waals surface area contributed by atoms with Crippen molar-refractivity contribution in [2.45, 2.75) is 84.1 Å². The van der Waals surface area contributed by atoms with Gasteiger partial charge in [-0.2, -0.15) is 0 Å². The number of amides is 5. The number of hydrogen-bond acceptors (Lipinski definition) is 8. The van der Waals surface area contributed by atoms with E-state index in [4.69, 9.17) is 0 Å². The second-order valence-corrected chi connectivity index (χ2v) is 11.8. The molecule has 0 aliphatic carbocycles. The molecule has 1 saturated heterocycles. The first kappa shape index (κ1) is 34.8. The number of likely N-dealkylation sites (tertiary alicyclic amines) is 1. The zero-order valence-electron chi connectivity index (χ0n) is 26.4. The number of nitrogens with zero attached hydrogens (tertiary/aromatic N) is 3. The molecular weight excluding hydrogens is 578 g/mol. The maximum atomic E-state index is 14.1. The monoisotopic (exact) mass is 621 g/mol. The van der Waals surface area contributed by atoms with Crippen molar-refractivity contribution in [1.82, 2.24) is 36.1 Å². The molecule has 0 saturated carbocycles. The quantitative estimate of drug-likeness (QED) is 0.224. The van der Waals surface area contributed by atoms with Crippen LogP contribution in [-0.4, -0.2) is 87.4 Å². The van der Waals surface area contributed by atoms with E-state index in [9.17, 15) is 28.8 Å². The van der Waals surface area contributed by atoms with Crippen LogP contribution in [0.15, 0.2) is 48.9 Å². The fraction of sp³-hybridized carbons (Fsp3) is 0.500. The van der Waals surface area contributed by atoms with Crippen molar-refractivity contribution in [1.29, 1.82) is 0 Å². The van der Waals surface area contributed by atoms with Gasteiger partial charge in [0, 0.05) is 25.0 Å². The summed E-state index contributed by atoms with van der Waals surface area (Å²) in [4.78, 5) is 87.2. The molecule has 5 amide bonds. The molecule has 3 rings (SSSR count). The Morgan fingerprint density at radius 2 is 1.64 bits per heavy atom. The molecule has 2 heterocycles. The summed E-state index contributed by atoms with van der Waals surface area (Å²) in [7, 11) is 0. The van der Waals surface area contributed by atoms with E-state index in [1.807, 2.05) is 30.3 Å². The van der Waals surface area contributed by atoms with Crippen molar-refractivity contribution in [3.63, 3.8) is 0 Å². The van der Waals surface area contributed by atoms with Crippen LogP contribution in [0.25, 0.3) is 0 Å². The number of aldehydes is 1. The average molecular weight is 622 g/mol. The zero-order chi connectivity index (χ0) is 33.1. The van der Waals surface area contributed by atoms with E-state index in [-0.39, 0.29) is 36.9 Å². The molecule has 5 atom stereocenters. The first-order chi connectivity index (χ1) is 21.4. The third-order valence-electron chi connectivity index (χ3n) is 7.65. The largest absolute Gasteiger partial charge is 0.351 e. The molecule has 13 heteroatoms. The topological polar surface area (TPSA) is 180 Å². The van der Waals surface area contributed by atoms with Gasteiger partial charge in [0.15, 0.2) is 0 Å². The van der Waals surface area contributed by atoms with E-state index in [2.05, 4.69) is 31.2 Å².